The molecule has 0 aliphatic carbocycles. The molecule has 0 bridgehead atoms. The molecule has 1 fully saturated rings. The maximum atomic E-state index is 13.0. The van der Waals surface area contributed by atoms with Crippen LogP contribution in [0.4, 0.5) is 5.69 Å². The van der Waals surface area contributed by atoms with E-state index in [4.69, 9.17) is 9.47 Å². The van der Waals surface area contributed by atoms with E-state index in [-0.39, 0.29) is 10.5 Å². The van der Waals surface area contributed by atoms with Gasteiger partial charge in [-0.15, -0.1) is 0 Å². The summed E-state index contributed by atoms with van der Waals surface area (Å²) in [6, 6.07) is 9.75. The van der Waals surface area contributed by atoms with Crippen LogP contribution in [0.1, 0.15) is 47.7 Å². The number of ether oxygens (including phenoxy) is 2. The van der Waals surface area contributed by atoms with E-state index in [0.717, 1.165) is 24.8 Å². The van der Waals surface area contributed by atoms with Gasteiger partial charge in [0.25, 0.3) is 5.91 Å². The fourth-order valence-corrected chi connectivity index (χ4v) is 5.21. The van der Waals surface area contributed by atoms with Crippen LogP contribution in [0.15, 0.2) is 41.3 Å². The number of aryl methyl sites for hydroxylation is 2. The number of esters is 1. The molecule has 0 aromatic heterocycles. The predicted octanol–water partition coefficient (Wildman–Crippen LogP) is 3.67. The molecule has 0 radical (unpaired) electrons. The first-order chi connectivity index (χ1) is 15.6. The Morgan fingerprint density at radius 3 is 2.39 bits per heavy atom. The Morgan fingerprint density at radius 2 is 1.73 bits per heavy atom. The molecule has 8 nitrogen and oxygen atoms in total. The van der Waals surface area contributed by atoms with Gasteiger partial charge in [0, 0.05) is 13.1 Å². The fourth-order valence-electron chi connectivity index (χ4n) is 3.67. The van der Waals surface area contributed by atoms with Crippen molar-refractivity contribution in [1.29, 1.82) is 0 Å². The van der Waals surface area contributed by atoms with Crippen molar-refractivity contribution in [2.24, 2.45) is 0 Å². The lowest BCUT2D eigenvalue weighted by atomic mass is 10.1. The highest BCUT2D eigenvalue weighted by molar-refractivity contribution is 7.89. The van der Waals surface area contributed by atoms with Crippen molar-refractivity contribution in [2.45, 2.75) is 51.0 Å². The zero-order valence-corrected chi connectivity index (χ0v) is 20.2. The molecule has 178 valence electrons. The number of piperidine rings is 1. The normalized spacial score (nSPS) is 15.5. The minimum absolute atomic E-state index is 0.0450. The second-order valence-electron chi connectivity index (χ2n) is 8.18. The Bertz CT molecular complexity index is 1140. The molecule has 3 rings (SSSR count). The number of rotatable bonds is 7. The van der Waals surface area contributed by atoms with E-state index in [2.05, 4.69) is 5.32 Å². The van der Waals surface area contributed by atoms with Gasteiger partial charge in [-0.1, -0.05) is 18.6 Å². The van der Waals surface area contributed by atoms with Gasteiger partial charge in [0.15, 0.2) is 6.10 Å². The number of methoxy groups -OCH3 is 1. The zero-order valence-electron chi connectivity index (χ0n) is 19.4. The SMILES string of the molecule is COc1ccc(C)cc1NC(=O)C(C)OC(=O)c1cc(S(=O)(=O)N2CCCCC2)ccc1C. The Labute approximate surface area is 194 Å². The van der Waals surface area contributed by atoms with Crippen molar-refractivity contribution in [3.63, 3.8) is 0 Å². The van der Waals surface area contributed by atoms with Crippen molar-refractivity contribution in [2.75, 3.05) is 25.5 Å². The molecule has 9 heteroatoms. The van der Waals surface area contributed by atoms with Crippen LogP contribution >= 0.6 is 0 Å². The number of amides is 1. The van der Waals surface area contributed by atoms with Crippen LogP contribution < -0.4 is 10.1 Å². The summed E-state index contributed by atoms with van der Waals surface area (Å²) in [6.45, 7) is 5.97. The van der Waals surface area contributed by atoms with Crippen LogP contribution in [-0.2, 0) is 19.6 Å². The molecule has 33 heavy (non-hydrogen) atoms. The average Bonchev–Trinajstić information content (AvgIpc) is 2.79. The van der Waals surface area contributed by atoms with Crippen LogP contribution in [-0.4, -0.2) is 50.9 Å². The average molecular weight is 475 g/mol. The lowest BCUT2D eigenvalue weighted by molar-refractivity contribution is -0.123. The second-order valence-corrected chi connectivity index (χ2v) is 10.1. The first-order valence-corrected chi connectivity index (χ1v) is 12.3. The van der Waals surface area contributed by atoms with Gasteiger partial charge in [-0.05, 0) is 69.0 Å². The molecule has 1 aliphatic rings. The molecule has 0 saturated carbocycles. The van der Waals surface area contributed by atoms with Crippen LogP contribution in [0.5, 0.6) is 5.75 Å². The topological polar surface area (TPSA) is 102 Å². The molecule has 2 aromatic rings. The van der Waals surface area contributed by atoms with E-state index in [1.807, 2.05) is 13.0 Å². The Balaban J connectivity index is 1.75. The molecule has 1 saturated heterocycles. The number of nitrogens with zero attached hydrogens (tertiary/aromatic N) is 1. The van der Waals surface area contributed by atoms with Crippen LogP contribution in [0.3, 0.4) is 0 Å². The molecule has 1 heterocycles. The van der Waals surface area contributed by atoms with Crippen molar-refractivity contribution >= 4 is 27.6 Å². The van der Waals surface area contributed by atoms with Gasteiger partial charge in [-0.2, -0.15) is 4.31 Å². The van der Waals surface area contributed by atoms with Gasteiger partial charge in [0.2, 0.25) is 10.0 Å². The largest absolute Gasteiger partial charge is 0.495 e. The Kier molecular flexibility index (Phi) is 7.76. The number of anilines is 1. The number of hydrogen-bond donors (Lipinski definition) is 1. The maximum Gasteiger partial charge on any atom is 0.339 e. The van der Waals surface area contributed by atoms with Crippen molar-refractivity contribution in [3.8, 4) is 5.75 Å². The quantitative estimate of drug-likeness (QED) is 0.615. The highest BCUT2D eigenvalue weighted by Gasteiger charge is 2.28. The highest BCUT2D eigenvalue weighted by atomic mass is 32.2. The van der Waals surface area contributed by atoms with Gasteiger partial charge >= 0.3 is 5.97 Å². The van der Waals surface area contributed by atoms with Crippen molar-refractivity contribution in [3.05, 3.63) is 53.1 Å². The Morgan fingerprint density at radius 1 is 1.03 bits per heavy atom. The molecular weight excluding hydrogens is 444 g/mol. The summed E-state index contributed by atoms with van der Waals surface area (Å²) in [4.78, 5) is 25.5. The number of carbonyl (C=O) groups excluding carboxylic acids is 2. The van der Waals surface area contributed by atoms with Crippen LogP contribution in [0.25, 0.3) is 0 Å². The zero-order chi connectivity index (χ0) is 24.2. The summed E-state index contributed by atoms with van der Waals surface area (Å²) in [6.07, 6.45) is 1.53. The van der Waals surface area contributed by atoms with Crippen LogP contribution in [0.2, 0.25) is 0 Å². The lowest BCUT2D eigenvalue weighted by Gasteiger charge is -2.26. The van der Waals surface area contributed by atoms with E-state index in [9.17, 15) is 18.0 Å². The van der Waals surface area contributed by atoms with Crippen LogP contribution in [0, 0.1) is 13.8 Å². The number of hydrogen-bond acceptors (Lipinski definition) is 6. The number of sulfonamides is 1. The third-order valence-electron chi connectivity index (χ3n) is 5.65. The monoisotopic (exact) mass is 474 g/mol. The number of nitrogens with one attached hydrogen (secondary N) is 1. The smallest absolute Gasteiger partial charge is 0.339 e. The van der Waals surface area contributed by atoms with Crippen molar-refractivity contribution < 1.29 is 27.5 Å². The molecule has 0 spiro atoms. The van der Waals surface area contributed by atoms with E-state index < -0.39 is 28.0 Å². The molecule has 1 atom stereocenters. The number of carbonyl (C=O) groups is 2. The summed E-state index contributed by atoms with van der Waals surface area (Å²) in [5.74, 6) is -0.803. The number of benzene rings is 2. The lowest BCUT2D eigenvalue weighted by Crippen LogP contribution is -2.35. The predicted molar refractivity (Wildman–Crippen MR) is 125 cm³/mol. The van der Waals surface area contributed by atoms with Gasteiger partial charge < -0.3 is 14.8 Å². The third-order valence-corrected chi connectivity index (χ3v) is 7.54. The standard InChI is InChI=1S/C24H30N2O6S/c1-16-8-11-22(31-4)21(14-16)25-23(27)18(3)32-24(28)20-15-19(10-9-17(20)2)33(29,30)26-12-6-5-7-13-26/h8-11,14-15,18H,5-7,12-13H2,1-4H3,(H,25,27). The van der Waals surface area contributed by atoms with Gasteiger partial charge in [0.05, 0.1) is 23.3 Å². The summed E-state index contributed by atoms with van der Waals surface area (Å²) in [7, 11) is -2.20. The van der Waals surface area contributed by atoms with E-state index >= 15 is 0 Å². The summed E-state index contributed by atoms with van der Waals surface area (Å²) in [5.41, 5.74) is 2.07. The van der Waals surface area contributed by atoms with E-state index in [1.165, 1.54) is 30.5 Å². The summed E-state index contributed by atoms with van der Waals surface area (Å²) >= 11 is 0. The van der Waals surface area contributed by atoms with Gasteiger partial charge in [0.1, 0.15) is 5.75 Å². The van der Waals surface area contributed by atoms with Gasteiger partial charge in [-0.3, -0.25) is 4.79 Å². The van der Waals surface area contributed by atoms with E-state index in [0.29, 0.717) is 30.1 Å². The molecule has 1 amide bonds. The maximum absolute atomic E-state index is 13.0. The molecular formula is C24H30N2O6S. The fraction of sp³-hybridized carbons (Fsp3) is 0.417. The second kappa shape index (κ2) is 10.4. The first-order valence-electron chi connectivity index (χ1n) is 10.9. The highest BCUT2D eigenvalue weighted by Crippen LogP contribution is 2.26. The molecule has 1 aliphatic heterocycles. The first kappa shape index (κ1) is 24.7. The Hall–Kier alpha value is -2.91. The van der Waals surface area contributed by atoms with Gasteiger partial charge in [-0.25, -0.2) is 13.2 Å². The minimum Gasteiger partial charge on any atom is -0.495 e. The summed E-state index contributed by atoms with van der Waals surface area (Å²) in [5, 5.41) is 2.71. The molecule has 1 N–H and O–H groups in total. The van der Waals surface area contributed by atoms with Crippen molar-refractivity contribution in [1.82, 2.24) is 4.31 Å². The molecule has 2 aromatic carbocycles. The summed E-state index contributed by atoms with van der Waals surface area (Å²) < 4.78 is 38.1. The third kappa shape index (κ3) is 5.72. The molecule has 1 unspecified atom stereocenters. The minimum atomic E-state index is -3.70. The van der Waals surface area contributed by atoms with E-state index in [1.54, 1.807) is 25.1 Å².